The Kier molecular flexibility index (Phi) is 6.92. The SMILES string of the molecule is NC(=O)CC[C@@H](O)CC(Cc1ccccc1)(Cc1ccccc1)C(N)=O. The maximum absolute atomic E-state index is 12.5. The van der Waals surface area contributed by atoms with Crippen LogP contribution < -0.4 is 11.5 Å². The first-order chi connectivity index (χ1) is 12.4. The number of primary amides is 2. The monoisotopic (exact) mass is 354 g/mol. The lowest BCUT2D eigenvalue weighted by Crippen LogP contribution is -2.43. The molecule has 0 saturated carbocycles. The number of aliphatic hydroxyl groups is 1. The molecule has 0 heterocycles. The fourth-order valence-electron chi connectivity index (χ4n) is 3.32. The summed E-state index contributed by atoms with van der Waals surface area (Å²) < 4.78 is 0. The van der Waals surface area contributed by atoms with Gasteiger partial charge in [0.2, 0.25) is 11.8 Å². The molecule has 0 aliphatic rings. The molecule has 2 rings (SSSR count). The van der Waals surface area contributed by atoms with E-state index in [9.17, 15) is 14.7 Å². The van der Waals surface area contributed by atoms with E-state index in [-0.39, 0.29) is 19.3 Å². The van der Waals surface area contributed by atoms with Crippen molar-refractivity contribution in [2.75, 3.05) is 0 Å². The lowest BCUT2D eigenvalue weighted by molar-refractivity contribution is -0.129. The Morgan fingerprint density at radius 3 is 1.73 bits per heavy atom. The van der Waals surface area contributed by atoms with Crippen LogP contribution in [0.2, 0.25) is 0 Å². The van der Waals surface area contributed by atoms with Crippen LogP contribution in [0.1, 0.15) is 30.4 Å². The molecule has 2 amide bonds. The van der Waals surface area contributed by atoms with Gasteiger partial charge in [-0.2, -0.15) is 0 Å². The van der Waals surface area contributed by atoms with Crippen LogP contribution in [0.5, 0.6) is 0 Å². The van der Waals surface area contributed by atoms with E-state index in [0.29, 0.717) is 12.8 Å². The van der Waals surface area contributed by atoms with Crippen molar-refractivity contribution in [3.8, 4) is 0 Å². The smallest absolute Gasteiger partial charge is 0.224 e. The summed E-state index contributed by atoms with van der Waals surface area (Å²) >= 11 is 0. The molecule has 138 valence electrons. The van der Waals surface area contributed by atoms with Gasteiger partial charge in [0, 0.05) is 6.42 Å². The molecule has 0 radical (unpaired) electrons. The quantitative estimate of drug-likeness (QED) is 0.607. The zero-order chi connectivity index (χ0) is 19.0. The maximum Gasteiger partial charge on any atom is 0.224 e. The standard InChI is InChI=1S/C21H26N2O3/c22-19(25)12-11-18(24)15-21(20(23)26,13-16-7-3-1-4-8-16)14-17-9-5-2-6-10-17/h1-10,18,24H,11-15H2,(H2,22,25)(H2,23,26)/t18-/m1/s1. The van der Waals surface area contributed by atoms with Gasteiger partial charge in [0.1, 0.15) is 0 Å². The van der Waals surface area contributed by atoms with Crippen molar-refractivity contribution in [3.63, 3.8) is 0 Å². The highest BCUT2D eigenvalue weighted by atomic mass is 16.3. The summed E-state index contributed by atoms with van der Waals surface area (Å²) in [7, 11) is 0. The predicted molar refractivity (Wildman–Crippen MR) is 101 cm³/mol. The first-order valence-corrected chi connectivity index (χ1v) is 8.75. The number of hydrogen-bond donors (Lipinski definition) is 3. The third-order valence-electron chi connectivity index (χ3n) is 4.64. The number of hydrogen-bond acceptors (Lipinski definition) is 3. The number of carbonyl (C=O) groups excluding carboxylic acids is 2. The number of nitrogens with two attached hydrogens (primary N) is 2. The summed E-state index contributed by atoms with van der Waals surface area (Å²) in [4.78, 5) is 23.5. The third-order valence-corrected chi connectivity index (χ3v) is 4.64. The van der Waals surface area contributed by atoms with Gasteiger partial charge in [-0.05, 0) is 36.8 Å². The van der Waals surface area contributed by atoms with Gasteiger partial charge < -0.3 is 16.6 Å². The van der Waals surface area contributed by atoms with E-state index in [1.807, 2.05) is 60.7 Å². The summed E-state index contributed by atoms with van der Waals surface area (Å²) in [5.74, 6) is -0.928. The second-order valence-corrected chi connectivity index (χ2v) is 6.83. The molecule has 5 heteroatoms. The van der Waals surface area contributed by atoms with Gasteiger partial charge in [-0.15, -0.1) is 0 Å². The minimum absolute atomic E-state index is 0.0761. The highest BCUT2D eigenvalue weighted by Crippen LogP contribution is 2.34. The van der Waals surface area contributed by atoms with Crippen molar-refractivity contribution in [2.45, 2.75) is 38.2 Å². The Hall–Kier alpha value is -2.66. The maximum atomic E-state index is 12.5. The average molecular weight is 354 g/mol. The second kappa shape index (κ2) is 9.15. The first-order valence-electron chi connectivity index (χ1n) is 8.75. The Labute approximate surface area is 154 Å². The molecule has 0 aliphatic heterocycles. The zero-order valence-electron chi connectivity index (χ0n) is 14.8. The van der Waals surface area contributed by atoms with E-state index in [4.69, 9.17) is 11.5 Å². The topological polar surface area (TPSA) is 106 Å². The lowest BCUT2D eigenvalue weighted by Gasteiger charge is -2.33. The molecule has 0 spiro atoms. The van der Waals surface area contributed by atoms with Gasteiger partial charge in [0.05, 0.1) is 11.5 Å². The van der Waals surface area contributed by atoms with E-state index in [2.05, 4.69) is 0 Å². The van der Waals surface area contributed by atoms with Gasteiger partial charge in [-0.3, -0.25) is 9.59 Å². The van der Waals surface area contributed by atoms with Gasteiger partial charge in [-0.1, -0.05) is 60.7 Å². The molecule has 0 aliphatic carbocycles. The fourth-order valence-corrected chi connectivity index (χ4v) is 3.32. The Morgan fingerprint density at radius 2 is 1.35 bits per heavy atom. The molecule has 0 bridgehead atoms. The highest BCUT2D eigenvalue weighted by Gasteiger charge is 2.39. The predicted octanol–water partition coefficient (Wildman–Crippen LogP) is 1.96. The molecule has 1 atom stereocenters. The molecule has 5 nitrogen and oxygen atoms in total. The Balaban J connectivity index is 2.29. The van der Waals surface area contributed by atoms with E-state index in [1.54, 1.807) is 0 Å². The minimum Gasteiger partial charge on any atom is -0.393 e. The second-order valence-electron chi connectivity index (χ2n) is 6.83. The van der Waals surface area contributed by atoms with Crippen LogP contribution in [0.25, 0.3) is 0 Å². The molecule has 0 fully saturated rings. The van der Waals surface area contributed by atoms with E-state index >= 15 is 0 Å². The van der Waals surface area contributed by atoms with Crippen LogP contribution in [0, 0.1) is 5.41 Å². The van der Waals surface area contributed by atoms with E-state index in [0.717, 1.165) is 11.1 Å². The zero-order valence-corrected chi connectivity index (χ0v) is 14.8. The minimum atomic E-state index is -0.945. The summed E-state index contributed by atoms with van der Waals surface area (Å²) in [5, 5.41) is 10.4. The summed E-state index contributed by atoms with van der Waals surface area (Å²) in [6.07, 6.45) is 0.486. The molecule has 2 aromatic carbocycles. The number of amides is 2. The summed E-state index contributed by atoms with van der Waals surface area (Å²) in [5.41, 5.74) is 12.0. The summed E-state index contributed by atoms with van der Waals surface area (Å²) in [6, 6.07) is 19.2. The van der Waals surface area contributed by atoms with Crippen molar-refractivity contribution >= 4 is 11.8 Å². The fraction of sp³-hybridized carbons (Fsp3) is 0.333. The summed E-state index contributed by atoms with van der Waals surface area (Å²) in [6.45, 7) is 0. The molecule has 0 aromatic heterocycles. The number of benzene rings is 2. The van der Waals surface area contributed by atoms with Crippen molar-refractivity contribution in [1.29, 1.82) is 0 Å². The van der Waals surface area contributed by atoms with Crippen LogP contribution in [0.4, 0.5) is 0 Å². The molecular weight excluding hydrogens is 328 g/mol. The van der Waals surface area contributed by atoms with Gasteiger partial charge >= 0.3 is 0 Å². The average Bonchev–Trinajstić information content (AvgIpc) is 2.61. The van der Waals surface area contributed by atoms with Crippen molar-refractivity contribution < 1.29 is 14.7 Å². The number of aliphatic hydroxyl groups excluding tert-OH is 1. The van der Waals surface area contributed by atoms with Crippen LogP contribution in [0.15, 0.2) is 60.7 Å². The third kappa shape index (κ3) is 5.70. The first kappa shape index (κ1) is 19.7. The van der Waals surface area contributed by atoms with Crippen LogP contribution in [-0.4, -0.2) is 23.0 Å². The number of rotatable bonds is 10. The molecule has 0 unspecified atom stereocenters. The number of carbonyl (C=O) groups is 2. The largest absolute Gasteiger partial charge is 0.393 e. The van der Waals surface area contributed by atoms with E-state index in [1.165, 1.54) is 0 Å². The van der Waals surface area contributed by atoms with Gasteiger partial charge in [-0.25, -0.2) is 0 Å². The molecule has 0 saturated heterocycles. The lowest BCUT2D eigenvalue weighted by atomic mass is 9.71. The Bertz CT molecular complexity index is 675. The van der Waals surface area contributed by atoms with Crippen molar-refractivity contribution in [2.24, 2.45) is 16.9 Å². The van der Waals surface area contributed by atoms with Crippen LogP contribution >= 0.6 is 0 Å². The normalized spacial score (nSPS) is 12.5. The van der Waals surface area contributed by atoms with Crippen molar-refractivity contribution in [1.82, 2.24) is 0 Å². The van der Waals surface area contributed by atoms with Crippen molar-refractivity contribution in [3.05, 3.63) is 71.8 Å². The molecule has 2 aromatic rings. The highest BCUT2D eigenvalue weighted by molar-refractivity contribution is 5.81. The van der Waals surface area contributed by atoms with Gasteiger partial charge in [0.25, 0.3) is 0 Å². The van der Waals surface area contributed by atoms with Crippen LogP contribution in [-0.2, 0) is 22.4 Å². The molecular formula is C21H26N2O3. The molecule has 5 N–H and O–H groups in total. The Morgan fingerprint density at radius 1 is 0.885 bits per heavy atom. The molecule has 26 heavy (non-hydrogen) atoms. The van der Waals surface area contributed by atoms with Gasteiger partial charge in [0.15, 0.2) is 0 Å². The van der Waals surface area contributed by atoms with E-state index < -0.39 is 23.3 Å². The van der Waals surface area contributed by atoms with Crippen LogP contribution in [0.3, 0.4) is 0 Å².